The molecule has 1 atom stereocenters. The van der Waals surface area contributed by atoms with Gasteiger partial charge in [0.2, 0.25) is 0 Å². The van der Waals surface area contributed by atoms with Crippen molar-refractivity contribution in [2.24, 2.45) is 5.41 Å². The number of nitrogens with zero attached hydrogens (tertiary/aromatic N) is 1. The van der Waals surface area contributed by atoms with Crippen molar-refractivity contribution in [1.29, 1.82) is 0 Å². The Morgan fingerprint density at radius 3 is 2.70 bits per heavy atom. The molecule has 1 spiro atoms. The van der Waals surface area contributed by atoms with E-state index in [2.05, 4.69) is 10.6 Å². The first kappa shape index (κ1) is 17.8. The highest BCUT2D eigenvalue weighted by Gasteiger charge is 2.39. The molecule has 142 valence electrons. The van der Waals surface area contributed by atoms with Gasteiger partial charge in [-0.25, -0.2) is 9.18 Å². The summed E-state index contributed by atoms with van der Waals surface area (Å²) in [7, 11) is 0. The zero-order valence-electron chi connectivity index (χ0n) is 15.2. The van der Waals surface area contributed by atoms with Gasteiger partial charge in [-0.3, -0.25) is 0 Å². The lowest BCUT2D eigenvalue weighted by molar-refractivity contribution is 0.125. The molecule has 2 aliphatic heterocycles. The fourth-order valence-corrected chi connectivity index (χ4v) is 3.99. The third-order valence-corrected chi connectivity index (χ3v) is 5.45. The number of carbonyl (C=O) groups is 1. The van der Waals surface area contributed by atoms with Crippen LogP contribution in [0.1, 0.15) is 19.3 Å². The number of carbonyl (C=O) groups excluding carboxylic acids is 1. The molecule has 2 N–H and O–H groups in total. The number of para-hydroxylation sites is 1. The van der Waals surface area contributed by atoms with E-state index in [-0.39, 0.29) is 17.2 Å². The van der Waals surface area contributed by atoms with Crippen molar-refractivity contribution in [3.8, 4) is 11.5 Å². The van der Waals surface area contributed by atoms with Crippen LogP contribution in [0.4, 0.5) is 14.9 Å². The lowest BCUT2D eigenvalue weighted by Gasteiger charge is -2.39. The summed E-state index contributed by atoms with van der Waals surface area (Å²) in [5.74, 6) is 0.292. The van der Waals surface area contributed by atoms with Gasteiger partial charge < -0.3 is 20.3 Å². The highest BCUT2D eigenvalue weighted by molar-refractivity contribution is 5.89. The first-order valence-electron chi connectivity index (χ1n) is 9.43. The third-order valence-electron chi connectivity index (χ3n) is 5.45. The van der Waals surface area contributed by atoms with E-state index in [1.807, 2.05) is 4.90 Å². The Bertz CT molecular complexity index is 803. The highest BCUT2D eigenvalue weighted by Crippen LogP contribution is 2.35. The van der Waals surface area contributed by atoms with Crippen LogP contribution in [0.5, 0.6) is 11.5 Å². The Hall–Kier alpha value is -2.60. The first-order chi connectivity index (χ1) is 13.1. The number of piperidine rings is 1. The third kappa shape index (κ3) is 4.06. The van der Waals surface area contributed by atoms with E-state index in [1.54, 1.807) is 42.5 Å². The molecule has 2 amide bonds. The molecular formula is C21H24FN3O2. The minimum Gasteiger partial charge on any atom is -0.454 e. The van der Waals surface area contributed by atoms with Gasteiger partial charge in [0.05, 0.1) is 0 Å². The summed E-state index contributed by atoms with van der Waals surface area (Å²) >= 11 is 0. The topological polar surface area (TPSA) is 53.6 Å². The van der Waals surface area contributed by atoms with Crippen molar-refractivity contribution < 1.29 is 13.9 Å². The van der Waals surface area contributed by atoms with Gasteiger partial charge in [-0.15, -0.1) is 0 Å². The van der Waals surface area contributed by atoms with E-state index < -0.39 is 5.82 Å². The van der Waals surface area contributed by atoms with Crippen molar-refractivity contribution in [2.75, 3.05) is 31.5 Å². The SMILES string of the molecule is O=C(Nc1ccc(Oc2ccccc2F)cc1)N1CCCC2(CCNC2)C1. The van der Waals surface area contributed by atoms with Gasteiger partial charge in [-0.2, -0.15) is 0 Å². The standard InChI is InChI=1S/C21H24FN3O2/c22-18-4-1-2-5-19(18)27-17-8-6-16(7-9-17)24-20(26)25-13-3-10-21(15-25)11-12-23-14-21/h1-2,4-9,23H,3,10-15H2,(H,24,26). The van der Waals surface area contributed by atoms with Gasteiger partial charge >= 0.3 is 6.03 Å². The van der Waals surface area contributed by atoms with Crippen LogP contribution in [-0.2, 0) is 0 Å². The summed E-state index contributed by atoms with van der Waals surface area (Å²) in [6, 6.07) is 13.2. The van der Waals surface area contributed by atoms with Crippen molar-refractivity contribution in [2.45, 2.75) is 19.3 Å². The maximum Gasteiger partial charge on any atom is 0.321 e. The van der Waals surface area contributed by atoms with Gasteiger partial charge in [0.25, 0.3) is 0 Å². The summed E-state index contributed by atoms with van der Waals surface area (Å²) in [4.78, 5) is 14.6. The number of hydrogen-bond acceptors (Lipinski definition) is 3. The van der Waals surface area contributed by atoms with E-state index in [4.69, 9.17) is 4.74 Å². The molecule has 0 saturated carbocycles. The van der Waals surface area contributed by atoms with Gasteiger partial charge in [0.1, 0.15) is 5.75 Å². The number of likely N-dealkylation sites (tertiary alicyclic amines) is 1. The number of amides is 2. The first-order valence-corrected chi connectivity index (χ1v) is 9.43. The van der Waals surface area contributed by atoms with E-state index in [0.717, 1.165) is 39.0 Å². The molecule has 2 aromatic rings. The minimum absolute atomic E-state index is 0.0660. The number of nitrogens with one attached hydrogen (secondary N) is 2. The van der Waals surface area contributed by atoms with Crippen LogP contribution >= 0.6 is 0 Å². The van der Waals surface area contributed by atoms with Crippen molar-refractivity contribution in [1.82, 2.24) is 10.2 Å². The summed E-state index contributed by atoms with van der Waals surface area (Å²) in [6.45, 7) is 3.64. The summed E-state index contributed by atoms with van der Waals surface area (Å²) < 4.78 is 19.2. The molecule has 1 unspecified atom stereocenters. The number of halogens is 1. The molecule has 0 radical (unpaired) electrons. The van der Waals surface area contributed by atoms with E-state index in [0.29, 0.717) is 11.4 Å². The van der Waals surface area contributed by atoms with Gasteiger partial charge in [-0.05, 0) is 62.2 Å². The summed E-state index contributed by atoms with van der Waals surface area (Å²) in [6.07, 6.45) is 3.37. The van der Waals surface area contributed by atoms with Crippen LogP contribution in [0.15, 0.2) is 48.5 Å². The van der Waals surface area contributed by atoms with Crippen LogP contribution in [-0.4, -0.2) is 37.1 Å². The van der Waals surface area contributed by atoms with Crippen molar-refractivity contribution in [3.05, 3.63) is 54.3 Å². The van der Waals surface area contributed by atoms with Gasteiger partial charge in [0, 0.05) is 30.7 Å². The fourth-order valence-electron chi connectivity index (χ4n) is 3.99. The van der Waals surface area contributed by atoms with Crippen LogP contribution in [0.3, 0.4) is 0 Å². The maximum absolute atomic E-state index is 13.7. The monoisotopic (exact) mass is 369 g/mol. The van der Waals surface area contributed by atoms with Crippen LogP contribution < -0.4 is 15.4 Å². The second kappa shape index (κ2) is 7.56. The quantitative estimate of drug-likeness (QED) is 0.851. The Balaban J connectivity index is 1.36. The van der Waals surface area contributed by atoms with E-state index >= 15 is 0 Å². The molecular weight excluding hydrogens is 345 g/mol. The van der Waals surface area contributed by atoms with Crippen LogP contribution in [0, 0.1) is 11.2 Å². The number of hydrogen-bond donors (Lipinski definition) is 2. The van der Waals surface area contributed by atoms with Gasteiger partial charge in [-0.1, -0.05) is 12.1 Å². The zero-order chi connectivity index (χ0) is 18.7. The average Bonchev–Trinajstić information content (AvgIpc) is 3.12. The molecule has 27 heavy (non-hydrogen) atoms. The Morgan fingerprint density at radius 2 is 1.96 bits per heavy atom. The summed E-state index contributed by atoms with van der Waals surface area (Å²) in [5.41, 5.74) is 0.942. The Morgan fingerprint density at radius 1 is 1.15 bits per heavy atom. The second-order valence-electron chi connectivity index (χ2n) is 7.44. The number of urea groups is 1. The minimum atomic E-state index is -0.407. The largest absolute Gasteiger partial charge is 0.454 e. The van der Waals surface area contributed by atoms with E-state index in [9.17, 15) is 9.18 Å². The molecule has 2 aromatic carbocycles. The average molecular weight is 369 g/mol. The molecule has 2 heterocycles. The molecule has 5 nitrogen and oxygen atoms in total. The molecule has 4 rings (SSSR count). The molecule has 2 saturated heterocycles. The summed E-state index contributed by atoms with van der Waals surface area (Å²) in [5, 5.41) is 6.38. The number of ether oxygens (including phenoxy) is 1. The molecule has 2 aliphatic rings. The molecule has 0 aliphatic carbocycles. The fraction of sp³-hybridized carbons (Fsp3) is 0.381. The maximum atomic E-state index is 13.7. The Kier molecular flexibility index (Phi) is 4.99. The highest BCUT2D eigenvalue weighted by atomic mass is 19.1. The van der Waals surface area contributed by atoms with Crippen molar-refractivity contribution >= 4 is 11.7 Å². The Labute approximate surface area is 158 Å². The van der Waals surface area contributed by atoms with E-state index in [1.165, 1.54) is 12.5 Å². The predicted molar refractivity (Wildman–Crippen MR) is 103 cm³/mol. The predicted octanol–water partition coefficient (Wildman–Crippen LogP) is 4.23. The smallest absolute Gasteiger partial charge is 0.321 e. The number of anilines is 1. The zero-order valence-corrected chi connectivity index (χ0v) is 15.2. The lowest BCUT2D eigenvalue weighted by atomic mass is 9.79. The molecule has 0 bridgehead atoms. The van der Waals surface area contributed by atoms with Crippen molar-refractivity contribution in [3.63, 3.8) is 0 Å². The number of benzene rings is 2. The van der Waals surface area contributed by atoms with Crippen LogP contribution in [0.25, 0.3) is 0 Å². The molecule has 2 fully saturated rings. The number of rotatable bonds is 3. The normalized spacial score (nSPS) is 22.0. The lowest BCUT2D eigenvalue weighted by Crippen LogP contribution is -2.48. The second-order valence-corrected chi connectivity index (χ2v) is 7.44. The molecule has 0 aromatic heterocycles. The molecule has 6 heteroatoms. The van der Waals surface area contributed by atoms with Gasteiger partial charge in [0.15, 0.2) is 11.6 Å². The van der Waals surface area contributed by atoms with Crippen LogP contribution in [0.2, 0.25) is 0 Å².